The van der Waals surface area contributed by atoms with Crippen LogP contribution in [0.5, 0.6) is 0 Å². The van der Waals surface area contributed by atoms with Crippen molar-refractivity contribution < 1.29 is 0 Å². The Morgan fingerprint density at radius 2 is 2.23 bits per heavy atom. The molecule has 3 heteroatoms. The molecule has 1 atom stereocenters. The van der Waals surface area contributed by atoms with Crippen LogP contribution < -0.4 is 5.73 Å². The average Bonchev–Trinajstić information content (AvgIpc) is 2.03. The van der Waals surface area contributed by atoms with Crippen LogP contribution in [0.4, 0.5) is 0 Å². The Balaban J connectivity index is 2.75. The van der Waals surface area contributed by atoms with Crippen LogP contribution in [0.15, 0.2) is 22.7 Å². The Morgan fingerprint density at radius 3 is 2.77 bits per heavy atom. The van der Waals surface area contributed by atoms with Crippen LogP contribution in [-0.4, -0.2) is 6.04 Å². The average molecular weight is 263 g/mol. The van der Waals surface area contributed by atoms with Gasteiger partial charge in [-0.25, -0.2) is 0 Å². The summed E-state index contributed by atoms with van der Waals surface area (Å²) in [5, 5.41) is 0.815. The van der Waals surface area contributed by atoms with Crippen LogP contribution in [0.2, 0.25) is 5.02 Å². The van der Waals surface area contributed by atoms with Gasteiger partial charge in [0.2, 0.25) is 0 Å². The summed E-state index contributed by atoms with van der Waals surface area (Å²) in [6.45, 7) is 2.00. The van der Waals surface area contributed by atoms with Gasteiger partial charge in [-0.15, -0.1) is 0 Å². The highest BCUT2D eigenvalue weighted by molar-refractivity contribution is 9.10. The second kappa shape index (κ2) is 4.99. The molecule has 0 spiro atoms. The normalized spacial score (nSPS) is 12.9. The summed E-state index contributed by atoms with van der Waals surface area (Å²) in [5.74, 6) is 0. The molecule has 0 aliphatic rings. The number of nitrogens with two attached hydrogens (primary N) is 1. The van der Waals surface area contributed by atoms with Gasteiger partial charge in [-0.05, 0) is 37.5 Å². The molecule has 0 radical (unpaired) electrons. The molecule has 1 rings (SSSR count). The monoisotopic (exact) mass is 261 g/mol. The van der Waals surface area contributed by atoms with Gasteiger partial charge in [0.15, 0.2) is 0 Å². The van der Waals surface area contributed by atoms with Gasteiger partial charge in [-0.3, -0.25) is 0 Å². The first-order valence-electron chi connectivity index (χ1n) is 4.29. The van der Waals surface area contributed by atoms with Crippen LogP contribution in [0.3, 0.4) is 0 Å². The maximum atomic E-state index is 6.04. The highest BCUT2D eigenvalue weighted by Crippen LogP contribution is 2.25. The highest BCUT2D eigenvalue weighted by atomic mass is 79.9. The first-order chi connectivity index (χ1) is 6.11. The third-order valence-corrected chi connectivity index (χ3v) is 3.01. The van der Waals surface area contributed by atoms with E-state index in [2.05, 4.69) is 15.9 Å². The molecule has 0 amide bonds. The van der Waals surface area contributed by atoms with Crippen LogP contribution in [0.25, 0.3) is 0 Å². The quantitative estimate of drug-likeness (QED) is 0.888. The van der Waals surface area contributed by atoms with Gasteiger partial charge in [0.05, 0.1) is 0 Å². The standard InChI is InChI=1S/C10H13BrClN/c1-7(13)5-6-8-9(11)3-2-4-10(8)12/h2-4,7H,5-6,13H2,1H3/t7-/m1/s1. The fourth-order valence-electron chi connectivity index (χ4n) is 1.14. The molecule has 1 aromatic carbocycles. The largest absolute Gasteiger partial charge is 0.328 e. The first-order valence-corrected chi connectivity index (χ1v) is 5.47. The van der Waals surface area contributed by atoms with Gasteiger partial charge in [0.1, 0.15) is 0 Å². The Kier molecular flexibility index (Phi) is 4.23. The lowest BCUT2D eigenvalue weighted by Crippen LogP contribution is -2.15. The van der Waals surface area contributed by atoms with E-state index in [1.807, 2.05) is 25.1 Å². The summed E-state index contributed by atoms with van der Waals surface area (Å²) in [5.41, 5.74) is 6.84. The smallest absolute Gasteiger partial charge is 0.0449 e. The number of hydrogen-bond donors (Lipinski definition) is 1. The van der Waals surface area contributed by atoms with Crippen molar-refractivity contribution in [3.63, 3.8) is 0 Å². The minimum atomic E-state index is 0.225. The molecule has 0 aliphatic heterocycles. The fourth-order valence-corrected chi connectivity index (χ4v) is 2.09. The summed E-state index contributed by atoms with van der Waals surface area (Å²) >= 11 is 9.51. The van der Waals surface area contributed by atoms with Gasteiger partial charge >= 0.3 is 0 Å². The van der Waals surface area contributed by atoms with Crippen LogP contribution in [0.1, 0.15) is 18.9 Å². The maximum Gasteiger partial charge on any atom is 0.0449 e. The predicted octanol–water partition coefficient (Wildman–Crippen LogP) is 3.38. The molecule has 2 N–H and O–H groups in total. The minimum Gasteiger partial charge on any atom is -0.328 e. The maximum absolute atomic E-state index is 6.04. The van der Waals surface area contributed by atoms with E-state index in [1.165, 1.54) is 0 Å². The summed E-state index contributed by atoms with van der Waals surface area (Å²) < 4.78 is 1.07. The molecular formula is C10H13BrClN. The van der Waals surface area contributed by atoms with E-state index in [1.54, 1.807) is 0 Å². The molecule has 0 aliphatic carbocycles. The third kappa shape index (κ3) is 3.29. The van der Waals surface area contributed by atoms with Gasteiger partial charge < -0.3 is 5.73 Å². The molecule has 0 saturated carbocycles. The van der Waals surface area contributed by atoms with E-state index in [-0.39, 0.29) is 6.04 Å². The van der Waals surface area contributed by atoms with Crippen molar-refractivity contribution in [2.24, 2.45) is 5.73 Å². The van der Waals surface area contributed by atoms with E-state index < -0.39 is 0 Å². The molecule has 72 valence electrons. The summed E-state index contributed by atoms with van der Waals surface area (Å²) in [4.78, 5) is 0. The molecule has 1 aromatic rings. The molecule has 0 aromatic heterocycles. The van der Waals surface area contributed by atoms with E-state index in [4.69, 9.17) is 17.3 Å². The van der Waals surface area contributed by atoms with E-state index in [0.29, 0.717) is 0 Å². The van der Waals surface area contributed by atoms with Gasteiger partial charge in [0, 0.05) is 15.5 Å². The Hall–Kier alpha value is -0.0500. The lowest BCUT2D eigenvalue weighted by molar-refractivity contribution is 0.665. The summed E-state index contributed by atoms with van der Waals surface area (Å²) in [6.07, 6.45) is 1.89. The van der Waals surface area contributed by atoms with Crippen molar-refractivity contribution >= 4 is 27.5 Å². The van der Waals surface area contributed by atoms with Crippen molar-refractivity contribution in [3.8, 4) is 0 Å². The third-order valence-electron chi connectivity index (χ3n) is 1.91. The van der Waals surface area contributed by atoms with Crippen LogP contribution in [-0.2, 0) is 6.42 Å². The zero-order valence-corrected chi connectivity index (χ0v) is 9.90. The number of halogens is 2. The van der Waals surface area contributed by atoms with Crippen molar-refractivity contribution in [2.45, 2.75) is 25.8 Å². The number of benzene rings is 1. The topological polar surface area (TPSA) is 26.0 Å². The summed E-state index contributed by atoms with van der Waals surface area (Å²) in [7, 11) is 0. The van der Waals surface area contributed by atoms with Crippen molar-refractivity contribution in [3.05, 3.63) is 33.3 Å². The first kappa shape index (κ1) is 11.0. The SMILES string of the molecule is C[C@@H](N)CCc1c(Cl)cccc1Br. The van der Waals surface area contributed by atoms with E-state index in [9.17, 15) is 0 Å². The predicted molar refractivity (Wildman–Crippen MR) is 61.1 cm³/mol. The second-order valence-corrected chi connectivity index (χ2v) is 4.48. The Bertz CT molecular complexity index is 266. The molecule has 1 nitrogen and oxygen atoms in total. The molecule has 0 unspecified atom stereocenters. The van der Waals surface area contributed by atoms with Crippen LogP contribution >= 0.6 is 27.5 Å². The van der Waals surface area contributed by atoms with Crippen molar-refractivity contribution in [1.82, 2.24) is 0 Å². The van der Waals surface area contributed by atoms with Gasteiger partial charge in [0.25, 0.3) is 0 Å². The lowest BCUT2D eigenvalue weighted by Gasteiger charge is -2.08. The second-order valence-electron chi connectivity index (χ2n) is 3.22. The van der Waals surface area contributed by atoms with E-state index >= 15 is 0 Å². The number of rotatable bonds is 3. The Morgan fingerprint density at radius 1 is 1.54 bits per heavy atom. The molecule has 13 heavy (non-hydrogen) atoms. The lowest BCUT2D eigenvalue weighted by atomic mass is 10.1. The van der Waals surface area contributed by atoms with Gasteiger partial charge in [-0.1, -0.05) is 33.6 Å². The molecule has 0 heterocycles. The highest BCUT2D eigenvalue weighted by Gasteiger charge is 2.05. The van der Waals surface area contributed by atoms with E-state index in [0.717, 1.165) is 27.9 Å². The zero-order valence-electron chi connectivity index (χ0n) is 7.56. The number of hydrogen-bond acceptors (Lipinski definition) is 1. The zero-order chi connectivity index (χ0) is 9.84. The molecular weight excluding hydrogens is 249 g/mol. The minimum absolute atomic E-state index is 0.225. The summed E-state index contributed by atoms with van der Waals surface area (Å²) in [6, 6.07) is 6.07. The molecule has 0 bridgehead atoms. The molecule has 0 saturated heterocycles. The fraction of sp³-hybridized carbons (Fsp3) is 0.400. The van der Waals surface area contributed by atoms with Gasteiger partial charge in [-0.2, -0.15) is 0 Å². The molecule has 0 fully saturated rings. The van der Waals surface area contributed by atoms with Crippen molar-refractivity contribution in [2.75, 3.05) is 0 Å². The van der Waals surface area contributed by atoms with Crippen LogP contribution in [0, 0.1) is 0 Å². The Labute approximate surface area is 92.4 Å². The van der Waals surface area contributed by atoms with Crippen molar-refractivity contribution in [1.29, 1.82) is 0 Å².